The van der Waals surface area contributed by atoms with Crippen molar-refractivity contribution in [2.75, 3.05) is 90.6 Å². The summed E-state index contributed by atoms with van der Waals surface area (Å²) in [6.45, 7) is 19.3. The highest BCUT2D eigenvalue weighted by Gasteiger charge is 2.43. The molecule has 0 N–H and O–H groups in total. The maximum atomic E-state index is 14.3. The average Bonchev–Trinajstić information content (AvgIpc) is 3.09. The predicted molar refractivity (Wildman–Crippen MR) is 189 cm³/mol. The molecule has 2 aliphatic heterocycles. The third-order valence-corrected chi connectivity index (χ3v) is 10.3. The van der Waals surface area contributed by atoms with E-state index in [4.69, 9.17) is 9.47 Å². The molecule has 2 aromatic rings. The fourth-order valence-corrected chi connectivity index (χ4v) is 6.87. The van der Waals surface area contributed by atoms with Crippen LogP contribution in [0.4, 0.5) is 11.4 Å². The van der Waals surface area contributed by atoms with Crippen molar-refractivity contribution in [1.82, 2.24) is 9.80 Å². The average molecular weight is 631 g/mol. The Morgan fingerprint density at radius 3 is 1.20 bits per heavy atom. The highest BCUT2D eigenvalue weighted by Crippen LogP contribution is 2.37. The van der Waals surface area contributed by atoms with Gasteiger partial charge in [-0.25, -0.2) is 0 Å². The van der Waals surface area contributed by atoms with Crippen molar-refractivity contribution < 1.29 is 19.1 Å². The lowest BCUT2D eigenvalue weighted by molar-refractivity contribution is 0.0646. The minimum absolute atomic E-state index is 0.0632. The molecule has 4 rings (SSSR count). The number of morpholine rings is 2. The normalized spacial score (nSPS) is 18.3. The van der Waals surface area contributed by atoms with Gasteiger partial charge < -0.3 is 19.3 Å². The molecular weight excluding hydrogens is 576 g/mol. The number of ketones is 2. The molecule has 0 spiro atoms. The zero-order valence-corrected chi connectivity index (χ0v) is 28.9. The van der Waals surface area contributed by atoms with E-state index in [0.29, 0.717) is 63.2 Å². The Labute approximate surface area is 276 Å². The molecule has 0 bridgehead atoms. The van der Waals surface area contributed by atoms with E-state index >= 15 is 0 Å². The molecule has 2 fully saturated rings. The first-order chi connectivity index (χ1) is 22.0. The number of hydrogen-bond donors (Lipinski definition) is 0. The zero-order chi connectivity index (χ0) is 33.5. The van der Waals surface area contributed by atoms with Gasteiger partial charge >= 0.3 is 0 Å². The molecule has 250 valence electrons. The monoisotopic (exact) mass is 630 g/mol. The first-order valence-electron chi connectivity index (χ1n) is 16.6. The molecule has 2 heterocycles. The van der Waals surface area contributed by atoms with E-state index in [1.54, 1.807) is 0 Å². The van der Waals surface area contributed by atoms with Crippen LogP contribution in [0.1, 0.15) is 60.2 Å². The fourth-order valence-electron chi connectivity index (χ4n) is 6.87. The number of rotatable bonds is 15. The van der Waals surface area contributed by atoms with Crippen LogP contribution in [0.3, 0.4) is 0 Å². The molecule has 8 nitrogen and oxygen atoms in total. The minimum Gasteiger partial charge on any atom is -0.378 e. The number of ether oxygens (including phenoxy) is 2. The molecule has 2 aliphatic rings. The van der Waals surface area contributed by atoms with Crippen LogP contribution in [0, 0.1) is 0 Å². The summed E-state index contributed by atoms with van der Waals surface area (Å²) in [6, 6.07) is 15.9. The van der Waals surface area contributed by atoms with Gasteiger partial charge in [-0.3, -0.25) is 19.4 Å². The summed E-state index contributed by atoms with van der Waals surface area (Å²) in [5.41, 5.74) is 3.55. The number of benzene rings is 2. The number of anilines is 2. The van der Waals surface area contributed by atoms with Gasteiger partial charge in [0.2, 0.25) is 0 Å². The Balaban J connectivity index is 1.52. The standard InChI is InChI=1S/C38H54N4O4/c1-9-37(39(5)6,35(43)31-11-15-33(16-12-31)41-19-23-45-24-20-41)27-29(3)30(4)28-38(10-2,40(7)8)36(44)32-13-17-34(18-14-32)42-21-25-46-26-22-42/h11-18H,3-4,9-10,19-28H2,1-2,5-8H3. The predicted octanol–water partition coefficient (Wildman–Crippen LogP) is 5.74. The summed E-state index contributed by atoms with van der Waals surface area (Å²) in [7, 11) is 7.83. The van der Waals surface area contributed by atoms with Crippen LogP contribution in [0.25, 0.3) is 0 Å². The Kier molecular flexibility index (Phi) is 12.0. The van der Waals surface area contributed by atoms with E-state index in [0.717, 1.165) is 48.7 Å². The van der Waals surface area contributed by atoms with E-state index < -0.39 is 11.1 Å². The van der Waals surface area contributed by atoms with Crippen LogP contribution in [0.15, 0.2) is 72.8 Å². The van der Waals surface area contributed by atoms with Crippen LogP contribution >= 0.6 is 0 Å². The van der Waals surface area contributed by atoms with E-state index in [9.17, 15) is 9.59 Å². The van der Waals surface area contributed by atoms with Gasteiger partial charge in [-0.1, -0.05) is 38.2 Å². The third-order valence-electron chi connectivity index (χ3n) is 10.3. The number of nitrogens with zero attached hydrogens (tertiary/aromatic N) is 4. The Hall–Kier alpha value is -3.30. The van der Waals surface area contributed by atoms with Crippen LogP contribution in [0.5, 0.6) is 0 Å². The van der Waals surface area contributed by atoms with Gasteiger partial charge in [0, 0.05) is 48.7 Å². The van der Waals surface area contributed by atoms with Crippen LogP contribution in [-0.2, 0) is 9.47 Å². The van der Waals surface area contributed by atoms with Crippen molar-refractivity contribution in [3.63, 3.8) is 0 Å². The van der Waals surface area contributed by atoms with E-state index in [2.05, 4.69) is 36.8 Å². The second-order valence-corrected chi connectivity index (χ2v) is 13.1. The van der Waals surface area contributed by atoms with Crippen molar-refractivity contribution in [2.45, 2.75) is 50.6 Å². The minimum atomic E-state index is -0.799. The van der Waals surface area contributed by atoms with Gasteiger partial charge in [-0.05, 0) is 102 Å². The molecular formula is C38H54N4O4. The van der Waals surface area contributed by atoms with Crippen molar-refractivity contribution >= 4 is 22.9 Å². The lowest BCUT2D eigenvalue weighted by Crippen LogP contribution is -2.52. The molecule has 8 heteroatoms. The maximum absolute atomic E-state index is 14.3. The maximum Gasteiger partial charge on any atom is 0.183 e. The quantitative estimate of drug-likeness (QED) is 0.183. The number of Topliss-reactive ketones (excluding diaryl/α,β-unsaturated/α-hetero) is 2. The first kappa shape index (κ1) is 35.6. The SMILES string of the molecule is C=C(CC(CC)(C(=O)c1ccc(N2CCOCC2)cc1)N(C)C)C(=C)CC(CC)(C(=O)c1ccc(N2CCOCC2)cc1)N(C)C. The summed E-state index contributed by atoms with van der Waals surface area (Å²) >= 11 is 0. The largest absolute Gasteiger partial charge is 0.378 e. The fraction of sp³-hybridized carbons (Fsp3) is 0.526. The van der Waals surface area contributed by atoms with Gasteiger partial charge in [-0.15, -0.1) is 0 Å². The number of likely N-dealkylation sites (N-methyl/N-ethyl adjacent to an activating group) is 2. The lowest BCUT2D eigenvalue weighted by atomic mass is 9.75. The smallest absolute Gasteiger partial charge is 0.183 e. The van der Waals surface area contributed by atoms with Crippen molar-refractivity contribution in [3.8, 4) is 0 Å². The molecule has 0 aromatic heterocycles. The molecule has 0 amide bonds. The highest BCUT2D eigenvalue weighted by molar-refractivity contribution is 6.04. The third kappa shape index (κ3) is 7.46. The van der Waals surface area contributed by atoms with Gasteiger partial charge in [0.05, 0.1) is 37.5 Å². The van der Waals surface area contributed by atoms with Crippen LogP contribution < -0.4 is 9.80 Å². The number of hydrogen-bond acceptors (Lipinski definition) is 8. The molecule has 0 radical (unpaired) electrons. The van der Waals surface area contributed by atoms with Crippen molar-refractivity contribution in [2.24, 2.45) is 0 Å². The molecule has 2 saturated heterocycles. The van der Waals surface area contributed by atoms with Crippen molar-refractivity contribution in [3.05, 3.63) is 84.0 Å². The summed E-state index contributed by atoms with van der Waals surface area (Å²) in [6.07, 6.45) is 2.07. The number of carbonyl (C=O) groups excluding carboxylic acids is 2. The summed E-state index contributed by atoms with van der Waals surface area (Å²) in [5, 5.41) is 0. The van der Waals surface area contributed by atoms with Crippen LogP contribution in [-0.4, -0.2) is 113 Å². The molecule has 2 atom stereocenters. The summed E-state index contributed by atoms with van der Waals surface area (Å²) in [4.78, 5) is 37.1. The second kappa shape index (κ2) is 15.5. The van der Waals surface area contributed by atoms with Gasteiger partial charge in [0.15, 0.2) is 11.6 Å². The van der Waals surface area contributed by atoms with E-state index in [-0.39, 0.29) is 11.6 Å². The highest BCUT2D eigenvalue weighted by atomic mass is 16.5. The topological polar surface area (TPSA) is 65.6 Å². The van der Waals surface area contributed by atoms with Gasteiger partial charge in [-0.2, -0.15) is 0 Å². The van der Waals surface area contributed by atoms with Gasteiger partial charge in [0.25, 0.3) is 0 Å². The molecule has 0 saturated carbocycles. The van der Waals surface area contributed by atoms with Gasteiger partial charge in [0.1, 0.15) is 0 Å². The first-order valence-corrected chi connectivity index (χ1v) is 16.6. The zero-order valence-electron chi connectivity index (χ0n) is 28.9. The Morgan fingerprint density at radius 2 is 0.935 bits per heavy atom. The molecule has 46 heavy (non-hydrogen) atoms. The molecule has 2 unspecified atom stereocenters. The van der Waals surface area contributed by atoms with E-state index in [1.807, 2.05) is 86.5 Å². The lowest BCUT2D eigenvalue weighted by Gasteiger charge is -2.41. The van der Waals surface area contributed by atoms with Crippen LogP contribution in [0.2, 0.25) is 0 Å². The van der Waals surface area contributed by atoms with Crippen molar-refractivity contribution in [1.29, 1.82) is 0 Å². The number of carbonyl (C=O) groups is 2. The Bertz CT molecular complexity index is 1250. The second-order valence-electron chi connectivity index (χ2n) is 13.1. The molecule has 2 aromatic carbocycles. The van der Waals surface area contributed by atoms with E-state index in [1.165, 1.54) is 0 Å². The summed E-state index contributed by atoms with van der Waals surface area (Å²) in [5.74, 6) is 0.126. The Morgan fingerprint density at radius 1 is 0.630 bits per heavy atom. The summed E-state index contributed by atoms with van der Waals surface area (Å²) < 4.78 is 11.0. The molecule has 0 aliphatic carbocycles.